The molecule has 3 aliphatic heterocycles. The lowest BCUT2D eigenvalue weighted by molar-refractivity contribution is -0.141. The van der Waals surface area contributed by atoms with Crippen LogP contribution in [0.4, 0.5) is 0 Å². The number of amides is 2. The Kier molecular flexibility index (Phi) is 4.54. The first-order chi connectivity index (χ1) is 12.2. The predicted octanol–water partition coefficient (Wildman–Crippen LogP) is 2.30. The lowest BCUT2D eigenvalue weighted by Gasteiger charge is -2.47. The Balaban J connectivity index is 1.36. The quantitative estimate of drug-likeness (QED) is 0.842. The van der Waals surface area contributed by atoms with Gasteiger partial charge in [0.1, 0.15) is 0 Å². The second kappa shape index (κ2) is 6.83. The zero-order chi connectivity index (χ0) is 17.3. The second-order valence-electron chi connectivity index (χ2n) is 7.68. The molecule has 0 saturated carbocycles. The number of furan rings is 1. The number of likely N-dealkylation sites (tertiary alicyclic amines) is 2. The van der Waals surface area contributed by atoms with Gasteiger partial charge in [0, 0.05) is 39.2 Å². The minimum absolute atomic E-state index is 0.0250. The van der Waals surface area contributed by atoms with Gasteiger partial charge in [-0.25, -0.2) is 0 Å². The maximum atomic E-state index is 12.4. The van der Waals surface area contributed by atoms with E-state index >= 15 is 0 Å². The molecule has 1 aromatic rings. The van der Waals surface area contributed by atoms with Gasteiger partial charge in [0.15, 0.2) is 5.76 Å². The summed E-state index contributed by atoms with van der Waals surface area (Å²) in [6.45, 7) is 3.84. The summed E-state index contributed by atoms with van der Waals surface area (Å²) in [5, 5.41) is 0. The van der Waals surface area contributed by atoms with Crippen molar-refractivity contribution >= 4 is 11.8 Å². The molecule has 1 atom stereocenters. The molecule has 4 rings (SSSR count). The summed E-state index contributed by atoms with van der Waals surface area (Å²) in [6, 6.07) is 3.46. The zero-order valence-corrected chi connectivity index (χ0v) is 14.6. The standard InChI is InChI=1S/C19H26N2O4/c22-17-5-6-19(14-21(17)13-15-3-1-11-24-15)7-9-20(10-8-19)18(23)16-4-2-12-25-16/h2,4,12,15H,1,3,5-11,13-14H2/t15-/m1/s1. The third kappa shape index (κ3) is 3.45. The van der Waals surface area contributed by atoms with Gasteiger partial charge < -0.3 is 19.0 Å². The Morgan fingerprint density at radius 2 is 2.12 bits per heavy atom. The number of nitrogens with zero attached hydrogens (tertiary/aromatic N) is 2. The Morgan fingerprint density at radius 1 is 1.28 bits per heavy atom. The van der Waals surface area contributed by atoms with Gasteiger partial charge in [0.25, 0.3) is 5.91 Å². The lowest BCUT2D eigenvalue weighted by Crippen LogP contribution is -2.53. The van der Waals surface area contributed by atoms with Crippen molar-refractivity contribution in [3.05, 3.63) is 24.2 Å². The molecule has 1 spiro atoms. The van der Waals surface area contributed by atoms with Crippen molar-refractivity contribution in [1.82, 2.24) is 9.80 Å². The van der Waals surface area contributed by atoms with Gasteiger partial charge in [-0.05, 0) is 49.7 Å². The number of rotatable bonds is 3. The van der Waals surface area contributed by atoms with E-state index < -0.39 is 0 Å². The molecule has 2 amide bonds. The number of hydrogen-bond donors (Lipinski definition) is 0. The zero-order valence-electron chi connectivity index (χ0n) is 14.6. The van der Waals surface area contributed by atoms with Crippen molar-refractivity contribution in [2.75, 3.05) is 32.8 Å². The fourth-order valence-electron chi connectivity index (χ4n) is 4.45. The van der Waals surface area contributed by atoms with Gasteiger partial charge in [-0.3, -0.25) is 9.59 Å². The molecule has 136 valence electrons. The molecule has 1 aromatic heterocycles. The molecule has 25 heavy (non-hydrogen) atoms. The smallest absolute Gasteiger partial charge is 0.289 e. The van der Waals surface area contributed by atoms with Crippen LogP contribution >= 0.6 is 0 Å². The van der Waals surface area contributed by atoms with Gasteiger partial charge in [-0.2, -0.15) is 0 Å². The van der Waals surface area contributed by atoms with Crippen molar-refractivity contribution in [3.8, 4) is 0 Å². The summed E-state index contributed by atoms with van der Waals surface area (Å²) in [5.74, 6) is 0.646. The molecule has 6 nitrogen and oxygen atoms in total. The largest absolute Gasteiger partial charge is 0.459 e. The Hall–Kier alpha value is -1.82. The van der Waals surface area contributed by atoms with Crippen LogP contribution in [0.1, 0.15) is 49.1 Å². The second-order valence-corrected chi connectivity index (χ2v) is 7.68. The summed E-state index contributed by atoms with van der Waals surface area (Å²) < 4.78 is 10.9. The summed E-state index contributed by atoms with van der Waals surface area (Å²) in [6.07, 6.45) is 7.37. The molecule has 4 heterocycles. The maximum Gasteiger partial charge on any atom is 0.289 e. The highest BCUT2D eigenvalue weighted by atomic mass is 16.5. The Morgan fingerprint density at radius 3 is 2.80 bits per heavy atom. The third-order valence-electron chi connectivity index (χ3n) is 6.04. The molecule has 0 unspecified atom stereocenters. The van der Waals surface area contributed by atoms with Crippen molar-refractivity contribution < 1.29 is 18.7 Å². The molecular weight excluding hydrogens is 320 g/mol. The molecule has 6 heteroatoms. The molecular formula is C19H26N2O4. The lowest BCUT2D eigenvalue weighted by atomic mass is 9.72. The molecule has 0 aromatic carbocycles. The average Bonchev–Trinajstić information content (AvgIpc) is 3.32. The van der Waals surface area contributed by atoms with Crippen LogP contribution in [0.5, 0.6) is 0 Å². The number of piperidine rings is 2. The normalized spacial score (nSPS) is 26.4. The number of carbonyl (C=O) groups is 2. The molecule has 3 saturated heterocycles. The van der Waals surface area contributed by atoms with E-state index in [1.165, 1.54) is 6.26 Å². The van der Waals surface area contributed by atoms with Crippen LogP contribution in [-0.2, 0) is 9.53 Å². The fraction of sp³-hybridized carbons (Fsp3) is 0.684. The first-order valence-corrected chi connectivity index (χ1v) is 9.37. The van der Waals surface area contributed by atoms with Crippen LogP contribution in [0.2, 0.25) is 0 Å². The third-order valence-corrected chi connectivity index (χ3v) is 6.04. The van der Waals surface area contributed by atoms with Crippen LogP contribution in [0, 0.1) is 5.41 Å². The van der Waals surface area contributed by atoms with E-state index in [2.05, 4.69) is 0 Å². The van der Waals surface area contributed by atoms with E-state index in [4.69, 9.17) is 9.15 Å². The molecule has 0 radical (unpaired) electrons. The van der Waals surface area contributed by atoms with E-state index in [-0.39, 0.29) is 23.3 Å². The Labute approximate surface area is 148 Å². The Bertz CT molecular complexity index is 613. The van der Waals surface area contributed by atoms with Crippen LogP contribution in [0.25, 0.3) is 0 Å². The molecule has 3 aliphatic rings. The first kappa shape index (κ1) is 16.6. The highest BCUT2D eigenvalue weighted by Gasteiger charge is 2.42. The van der Waals surface area contributed by atoms with E-state index in [1.54, 1.807) is 12.1 Å². The number of hydrogen-bond acceptors (Lipinski definition) is 4. The van der Waals surface area contributed by atoms with Gasteiger partial charge in [0.05, 0.1) is 12.4 Å². The summed E-state index contributed by atoms with van der Waals surface area (Å²) >= 11 is 0. The summed E-state index contributed by atoms with van der Waals surface area (Å²) in [5.41, 5.74) is 0.159. The minimum atomic E-state index is -0.0250. The summed E-state index contributed by atoms with van der Waals surface area (Å²) in [7, 11) is 0. The number of carbonyl (C=O) groups excluding carboxylic acids is 2. The first-order valence-electron chi connectivity index (χ1n) is 9.37. The maximum absolute atomic E-state index is 12.4. The van der Waals surface area contributed by atoms with E-state index in [1.807, 2.05) is 9.80 Å². The predicted molar refractivity (Wildman–Crippen MR) is 91.1 cm³/mol. The SMILES string of the molecule is O=C1CCC2(CCN(C(=O)c3ccco3)CC2)CN1C[C@H]1CCCO1. The fourth-order valence-corrected chi connectivity index (χ4v) is 4.45. The van der Waals surface area contributed by atoms with Crippen LogP contribution in [0.15, 0.2) is 22.8 Å². The molecule has 3 fully saturated rings. The van der Waals surface area contributed by atoms with Crippen molar-refractivity contribution in [1.29, 1.82) is 0 Å². The van der Waals surface area contributed by atoms with Crippen molar-refractivity contribution in [2.45, 2.75) is 44.6 Å². The van der Waals surface area contributed by atoms with Crippen molar-refractivity contribution in [2.24, 2.45) is 5.41 Å². The average molecular weight is 346 g/mol. The van der Waals surface area contributed by atoms with E-state index in [9.17, 15) is 9.59 Å². The van der Waals surface area contributed by atoms with Gasteiger partial charge in [-0.1, -0.05) is 0 Å². The minimum Gasteiger partial charge on any atom is -0.459 e. The topological polar surface area (TPSA) is 63.0 Å². The van der Waals surface area contributed by atoms with E-state index in [0.717, 1.165) is 64.9 Å². The highest BCUT2D eigenvalue weighted by molar-refractivity contribution is 5.91. The van der Waals surface area contributed by atoms with E-state index in [0.29, 0.717) is 12.2 Å². The summed E-state index contributed by atoms with van der Waals surface area (Å²) in [4.78, 5) is 28.7. The van der Waals surface area contributed by atoms with Crippen molar-refractivity contribution in [3.63, 3.8) is 0 Å². The highest BCUT2D eigenvalue weighted by Crippen LogP contribution is 2.40. The van der Waals surface area contributed by atoms with Gasteiger partial charge >= 0.3 is 0 Å². The van der Waals surface area contributed by atoms with Crippen LogP contribution < -0.4 is 0 Å². The van der Waals surface area contributed by atoms with Gasteiger partial charge in [0.2, 0.25) is 5.91 Å². The molecule has 0 bridgehead atoms. The molecule has 0 N–H and O–H groups in total. The van der Waals surface area contributed by atoms with Gasteiger partial charge in [-0.15, -0.1) is 0 Å². The van der Waals surface area contributed by atoms with Crippen LogP contribution in [0.3, 0.4) is 0 Å². The monoisotopic (exact) mass is 346 g/mol. The molecule has 0 aliphatic carbocycles. The number of ether oxygens (including phenoxy) is 1. The van der Waals surface area contributed by atoms with Crippen LogP contribution in [-0.4, -0.2) is 60.5 Å².